The van der Waals surface area contributed by atoms with Crippen molar-refractivity contribution in [2.45, 2.75) is 0 Å². The lowest BCUT2D eigenvalue weighted by Crippen LogP contribution is -2.06. The fourth-order valence-electron chi connectivity index (χ4n) is 6.96. The second-order valence-electron chi connectivity index (χ2n) is 12.7. The average Bonchev–Trinajstić information content (AvgIpc) is 3.80. The Bertz CT molecular complexity index is 2890. The molecule has 8 nitrogen and oxygen atoms in total. The van der Waals surface area contributed by atoms with E-state index in [1.54, 1.807) is 12.4 Å². The van der Waals surface area contributed by atoms with Crippen LogP contribution in [0.15, 0.2) is 167 Å². The molecule has 4 aromatic heterocycles. The fraction of sp³-hybridized carbons (Fsp3) is 0. The van der Waals surface area contributed by atoms with Crippen LogP contribution in [0.25, 0.3) is 78.0 Å². The Morgan fingerprint density at radius 2 is 1.06 bits per heavy atom. The molecule has 0 aliphatic heterocycles. The third-order valence-electron chi connectivity index (χ3n) is 9.49. The fourth-order valence-corrected chi connectivity index (χ4v) is 6.96. The number of para-hydroxylation sites is 5. The van der Waals surface area contributed by atoms with E-state index in [1.165, 1.54) is 0 Å². The van der Waals surface area contributed by atoms with Gasteiger partial charge in [0.1, 0.15) is 22.3 Å². The van der Waals surface area contributed by atoms with Crippen LogP contribution in [0.1, 0.15) is 11.1 Å². The van der Waals surface area contributed by atoms with Crippen molar-refractivity contribution in [3.8, 4) is 34.2 Å². The van der Waals surface area contributed by atoms with Gasteiger partial charge in [0.05, 0.1) is 16.8 Å². The minimum Gasteiger partial charge on any atom is -0.455 e. The minimum absolute atomic E-state index is 0.359. The summed E-state index contributed by atoms with van der Waals surface area (Å²) in [6.07, 6.45) is 3.47. The van der Waals surface area contributed by atoms with Crippen LogP contribution in [0.4, 0.5) is 11.4 Å². The number of nitrogens with one attached hydrogen (secondary N) is 2. The summed E-state index contributed by atoms with van der Waals surface area (Å²) in [7, 11) is 0. The molecule has 10 aromatic rings. The first-order chi connectivity index (χ1) is 26.2. The van der Waals surface area contributed by atoms with Crippen molar-refractivity contribution < 1.29 is 8.83 Å². The van der Waals surface area contributed by atoms with Gasteiger partial charge in [-0.3, -0.25) is 10.4 Å². The zero-order valence-electron chi connectivity index (χ0n) is 28.1. The lowest BCUT2D eigenvalue weighted by Gasteiger charge is -2.14. The second kappa shape index (κ2) is 12.4. The lowest BCUT2D eigenvalue weighted by atomic mass is 9.98. The monoisotopic (exact) mass is 684 g/mol. The molecule has 0 bridgehead atoms. The van der Waals surface area contributed by atoms with Crippen molar-refractivity contribution in [2.75, 3.05) is 5.32 Å². The number of furan rings is 2. The van der Waals surface area contributed by atoms with Crippen molar-refractivity contribution in [1.29, 1.82) is 5.41 Å². The maximum Gasteiger partial charge on any atom is 0.167 e. The standard InChI is InChI=1S/C45H28N6O2/c46-40(34-14-1-4-19-37(34)48-29-22-24-47-25-23-29)27-10-7-11-28(26-27)43-49-44(35-17-8-15-32-30-12-2-5-20-38(30)52-41(32)35)51-45(50-43)36-18-9-16-33-31-13-3-6-21-39(31)53-42(33)36/h1-26,46H,(H,47,48). The van der Waals surface area contributed by atoms with Gasteiger partial charge in [-0.2, -0.15) is 0 Å². The molecule has 2 N–H and O–H groups in total. The maximum atomic E-state index is 9.35. The van der Waals surface area contributed by atoms with Gasteiger partial charge in [0.15, 0.2) is 17.5 Å². The first kappa shape index (κ1) is 30.4. The molecular formula is C45H28N6O2. The Morgan fingerprint density at radius 1 is 0.509 bits per heavy atom. The van der Waals surface area contributed by atoms with Crippen molar-refractivity contribution in [1.82, 2.24) is 19.9 Å². The predicted octanol–water partition coefficient (Wildman–Crippen LogP) is 11.2. The number of hydrogen-bond acceptors (Lipinski definition) is 8. The van der Waals surface area contributed by atoms with Gasteiger partial charge in [0, 0.05) is 62.0 Å². The maximum absolute atomic E-state index is 9.35. The van der Waals surface area contributed by atoms with Gasteiger partial charge in [-0.15, -0.1) is 0 Å². The summed E-state index contributed by atoms with van der Waals surface area (Å²) in [6.45, 7) is 0. The Hall–Kier alpha value is -7.45. The van der Waals surface area contributed by atoms with E-state index in [1.807, 2.05) is 121 Å². The van der Waals surface area contributed by atoms with Gasteiger partial charge in [0.25, 0.3) is 0 Å². The quantitative estimate of drug-likeness (QED) is 0.161. The zero-order chi connectivity index (χ0) is 35.3. The molecule has 0 spiro atoms. The molecule has 0 saturated heterocycles. The van der Waals surface area contributed by atoms with Crippen LogP contribution in [-0.2, 0) is 0 Å². The third-order valence-corrected chi connectivity index (χ3v) is 9.49. The van der Waals surface area contributed by atoms with Crippen LogP contribution in [0.2, 0.25) is 0 Å². The highest BCUT2D eigenvalue weighted by atomic mass is 16.3. The molecule has 0 radical (unpaired) electrons. The van der Waals surface area contributed by atoms with Crippen molar-refractivity contribution >= 4 is 61.0 Å². The molecule has 10 rings (SSSR count). The van der Waals surface area contributed by atoms with Gasteiger partial charge < -0.3 is 14.2 Å². The van der Waals surface area contributed by atoms with E-state index >= 15 is 0 Å². The van der Waals surface area contributed by atoms with Crippen LogP contribution in [0.3, 0.4) is 0 Å². The molecular weight excluding hydrogens is 657 g/mol. The van der Waals surface area contributed by atoms with Gasteiger partial charge in [-0.25, -0.2) is 15.0 Å². The summed E-state index contributed by atoms with van der Waals surface area (Å²) >= 11 is 0. The zero-order valence-corrected chi connectivity index (χ0v) is 28.1. The molecule has 6 aromatic carbocycles. The molecule has 0 fully saturated rings. The van der Waals surface area contributed by atoms with E-state index < -0.39 is 0 Å². The van der Waals surface area contributed by atoms with Crippen LogP contribution in [0, 0.1) is 5.41 Å². The van der Waals surface area contributed by atoms with E-state index in [-0.39, 0.29) is 0 Å². The summed E-state index contributed by atoms with van der Waals surface area (Å²) in [5.41, 5.74) is 8.77. The van der Waals surface area contributed by atoms with Crippen molar-refractivity contribution in [2.24, 2.45) is 0 Å². The molecule has 8 heteroatoms. The summed E-state index contributed by atoms with van der Waals surface area (Å²) in [6, 6.07) is 47.5. The number of anilines is 2. The molecule has 0 amide bonds. The van der Waals surface area contributed by atoms with Crippen LogP contribution in [-0.4, -0.2) is 25.6 Å². The number of aromatic nitrogens is 4. The summed E-state index contributed by atoms with van der Waals surface area (Å²) in [5.74, 6) is 1.40. The van der Waals surface area contributed by atoms with Crippen LogP contribution >= 0.6 is 0 Å². The van der Waals surface area contributed by atoms with Crippen LogP contribution < -0.4 is 5.32 Å². The van der Waals surface area contributed by atoms with E-state index in [0.29, 0.717) is 39.9 Å². The Balaban J connectivity index is 1.14. The minimum atomic E-state index is 0.359. The van der Waals surface area contributed by atoms with E-state index in [2.05, 4.69) is 34.6 Å². The molecule has 250 valence electrons. The van der Waals surface area contributed by atoms with Crippen molar-refractivity contribution in [3.63, 3.8) is 0 Å². The van der Waals surface area contributed by atoms with Gasteiger partial charge in [0.2, 0.25) is 0 Å². The number of benzene rings is 6. The Morgan fingerprint density at radius 3 is 1.72 bits per heavy atom. The normalized spacial score (nSPS) is 11.5. The number of rotatable bonds is 7. The summed E-state index contributed by atoms with van der Waals surface area (Å²) in [5, 5.41) is 16.8. The number of fused-ring (bicyclic) bond motifs is 6. The molecule has 53 heavy (non-hydrogen) atoms. The number of nitrogens with zero attached hydrogens (tertiary/aromatic N) is 4. The highest BCUT2D eigenvalue weighted by Gasteiger charge is 2.21. The van der Waals surface area contributed by atoms with E-state index in [4.69, 9.17) is 23.8 Å². The Labute approximate surface area is 303 Å². The first-order valence-corrected chi connectivity index (χ1v) is 17.2. The summed E-state index contributed by atoms with van der Waals surface area (Å²) < 4.78 is 12.9. The largest absolute Gasteiger partial charge is 0.455 e. The molecule has 0 aliphatic carbocycles. The topological polar surface area (TPSA) is 114 Å². The average molecular weight is 685 g/mol. The smallest absolute Gasteiger partial charge is 0.167 e. The van der Waals surface area contributed by atoms with Crippen LogP contribution in [0.5, 0.6) is 0 Å². The molecule has 0 unspecified atom stereocenters. The van der Waals surface area contributed by atoms with Gasteiger partial charge in [-0.1, -0.05) is 97.1 Å². The molecule has 0 saturated carbocycles. The highest BCUT2D eigenvalue weighted by Crippen LogP contribution is 2.38. The van der Waals surface area contributed by atoms with Crippen molar-refractivity contribution in [3.05, 3.63) is 169 Å². The number of pyridine rings is 1. The number of hydrogen-bond donors (Lipinski definition) is 2. The van der Waals surface area contributed by atoms with Gasteiger partial charge >= 0.3 is 0 Å². The SMILES string of the molecule is N=C(c1cccc(-c2nc(-c3cccc4c3oc3ccccc34)nc(-c3cccc4c3oc3ccccc34)n2)c1)c1ccccc1Nc1ccncc1. The Kier molecular flexibility index (Phi) is 7.11. The summed E-state index contributed by atoms with van der Waals surface area (Å²) in [4.78, 5) is 19.4. The lowest BCUT2D eigenvalue weighted by molar-refractivity contribution is 0.669. The van der Waals surface area contributed by atoms with E-state index in [0.717, 1.165) is 66.3 Å². The second-order valence-corrected chi connectivity index (χ2v) is 12.7. The first-order valence-electron chi connectivity index (χ1n) is 17.2. The third kappa shape index (κ3) is 5.28. The molecule has 0 atom stereocenters. The molecule has 4 heterocycles. The molecule has 0 aliphatic rings. The predicted molar refractivity (Wildman–Crippen MR) is 211 cm³/mol. The highest BCUT2D eigenvalue weighted by molar-refractivity contribution is 6.15. The van der Waals surface area contributed by atoms with E-state index in [9.17, 15) is 5.41 Å². The van der Waals surface area contributed by atoms with Gasteiger partial charge in [-0.05, 0) is 48.5 Å².